The van der Waals surface area contributed by atoms with Crippen molar-refractivity contribution in [1.29, 1.82) is 0 Å². The average molecular weight is 321 g/mol. The van der Waals surface area contributed by atoms with Gasteiger partial charge in [0.15, 0.2) is 0 Å². The van der Waals surface area contributed by atoms with E-state index in [1.54, 1.807) is 0 Å². The van der Waals surface area contributed by atoms with Crippen LogP contribution in [0.1, 0.15) is 23.7 Å². The first-order valence-electron chi connectivity index (χ1n) is 7.54. The second-order valence-electron chi connectivity index (χ2n) is 5.99. The fraction of sp³-hybridized carbons (Fsp3) is 0.467. The van der Waals surface area contributed by atoms with Gasteiger partial charge in [-0.25, -0.2) is 9.11 Å². The molecule has 7 heteroatoms. The zero-order valence-corrected chi connectivity index (χ0v) is 13.0. The normalized spacial score (nSPS) is 25.5. The van der Waals surface area contributed by atoms with Gasteiger partial charge >= 0.3 is 10.2 Å². The maximum atomic E-state index is 12.1. The Morgan fingerprint density at radius 3 is 2.86 bits per heavy atom. The molecule has 3 N–H and O–H groups in total. The SMILES string of the molecule is NS(=O)(=O)n1c2c(c3ccccc31)C(C1CCOC1)NCC2. The zero-order chi connectivity index (χ0) is 15.3. The number of nitrogens with zero attached hydrogens (tertiary/aromatic N) is 1. The molecule has 0 amide bonds. The van der Waals surface area contributed by atoms with Crippen molar-refractivity contribution in [3.63, 3.8) is 0 Å². The van der Waals surface area contributed by atoms with Crippen molar-refractivity contribution in [2.75, 3.05) is 19.8 Å². The highest BCUT2D eigenvalue weighted by atomic mass is 32.2. The van der Waals surface area contributed by atoms with Crippen LogP contribution >= 0.6 is 0 Å². The van der Waals surface area contributed by atoms with Crippen molar-refractivity contribution < 1.29 is 13.2 Å². The van der Waals surface area contributed by atoms with Crippen LogP contribution in [0.5, 0.6) is 0 Å². The highest BCUT2D eigenvalue weighted by molar-refractivity contribution is 7.87. The van der Waals surface area contributed by atoms with Crippen LogP contribution in [0.4, 0.5) is 0 Å². The Morgan fingerprint density at radius 1 is 1.32 bits per heavy atom. The third-order valence-corrected chi connectivity index (χ3v) is 5.62. The van der Waals surface area contributed by atoms with Gasteiger partial charge in [-0.05, 0) is 18.1 Å². The predicted molar refractivity (Wildman–Crippen MR) is 83.8 cm³/mol. The molecule has 1 fully saturated rings. The summed E-state index contributed by atoms with van der Waals surface area (Å²) >= 11 is 0. The smallest absolute Gasteiger partial charge is 0.303 e. The fourth-order valence-electron chi connectivity index (χ4n) is 3.83. The van der Waals surface area contributed by atoms with E-state index in [1.165, 1.54) is 3.97 Å². The molecule has 2 unspecified atom stereocenters. The number of fused-ring (bicyclic) bond motifs is 3. The summed E-state index contributed by atoms with van der Waals surface area (Å²) in [4.78, 5) is 0. The summed E-state index contributed by atoms with van der Waals surface area (Å²) < 4.78 is 31.0. The Morgan fingerprint density at radius 2 is 2.14 bits per heavy atom. The molecule has 22 heavy (non-hydrogen) atoms. The minimum Gasteiger partial charge on any atom is -0.381 e. The highest BCUT2D eigenvalue weighted by Crippen LogP contribution is 2.39. The number of ether oxygens (including phenoxy) is 1. The van der Waals surface area contributed by atoms with E-state index in [2.05, 4.69) is 5.32 Å². The summed E-state index contributed by atoms with van der Waals surface area (Å²) in [5, 5.41) is 9.99. The Bertz CT molecular complexity index is 822. The van der Waals surface area contributed by atoms with E-state index in [-0.39, 0.29) is 6.04 Å². The number of nitrogens with two attached hydrogens (primary N) is 1. The number of nitrogens with one attached hydrogen (secondary N) is 1. The summed E-state index contributed by atoms with van der Waals surface area (Å²) in [7, 11) is -3.82. The molecule has 2 aliphatic heterocycles. The second-order valence-corrected chi connectivity index (χ2v) is 7.39. The molecule has 0 bridgehead atoms. The van der Waals surface area contributed by atoms with E-state index >= 15 is 0 Å². The third-order valence-electron chi connectivity index (χ3n) is 4.70. The highest BCUT2D eigenvalue weighted by Gasteiger charge is 2.35. The molecule has 1 aromatic heterocycles. The van der Waals surface area contributed by atoms with Crippen LogP contribution in [0.15, 0.2) is 24.3 Å². The van der Waals surface area contributed by atoms with E-state index in [9.17, 15) is 8.42 Å². The summed E-state index contributed by atoms with van der Waals surface area (Å²) in [5.41, 5.74) is 2.56. The van der Waals surface area contributed by atoms with E-state index in [0.29, 0.717) is 24.5 Å². The van der Waals surface area contributed by atoms with Crippen molar-refractivity contribution in [2.24, 2.45) is 11.1 Å². The molecule has 0 radical (unpaired) electrons. The Kier molecular flexibility index (Phi) is 3.26. The Hall–Kier alpha value is -1.41. The number of para-hydroxylation sites is 1. The predicted octanol–water partition coefficient (Wildman–Crippen LogP) is 0.916. The molecule has 0 spiro atoms. The number of benzene rings is 1. The van der Waals surface area contributed by atoms with Gasteiger partial charge in [0.2, 0.25) is 0 Å². The van der Waals surface area contributed by atoms with Crippen molar-refractivity contribution in [2.45, 2.75) is 18.9 Å². The van der Waals surface area contributed by atoms with Crippen molar-refractivity contribution in [1.82, 2.24) is 9.29 Å². The van der Waals surface area contributed by atoms with E-state index < -0.39 is 10.2 Å². The second kappa shape index (κ2) is 5.06. The fourth-order valence-corrected chi connectivity index (χ4v) is 4.76. The van der Waals surface area contributed by atoms with Crippen LogP contribution in [0, 0.1) is 5.92 Å². The summed E-state index contributed by atoms with van der Waals surface area (Å²) in [6.07, 6.45) is 1.65. The van der Waals surface area contributed by atoms with Crippen molar-refractivity contribution in [3.8, 4) is 0 Å². The summed E-state index contributed by atoms with van der Waals surface area (Å²) in [6, 6.07) is 7.70. The van der Waals surface area contributed by atoms with Gasteiger partial charge in [0.05, 0.1) is 12.1 Å². The molecule has 2 aliphatic rings. The van der Waals surface area contributed by atoms with E-state index in [1.807, 2.05) is 24.3 Å². The Balaban J connectivity index is 2.00. The molecule has 2 atom stereocenters. The van der Waals surface area contributed by atoms with Gasteiger partial charge in [-0.15, -0.1) is 0 Å². The minimum atomic E-state index is -3.82. The lowest BCUT2D eigenvalue weighted by atomic mass is 9.87. The molecule has 6 nitrogen and oxygen atoms in total. The van der Waals surface area contributed by atoms with Crippen LogP contribution in [-0.4, -0.2) is 32.1 Å². The molecule has 118 valence electrons. The first-order chi connectivity index (χ1) is 10.6. The maximum Gasteiger partial charge on any atom is 0.303 e. The molecule has 0 aliphatic carbocycles. The third kappa shape index (κ3) is 2.08. The topological polar surface area (TPSA) is 86.4 Å². The molecule has 1 aromatic carbocycles. The first-order valence-corrected chi connectivity index (χ1v) is 9.04. The summed E-state index contributed by atoms with van der Waals surface area (Å²) in [6.45, 7) is 2.23. The maximum absolute atomic E-state index is 12.1. The van der Waals surface area contributed by atoms with Crippen LogP contribution < -0.4 is 10.5 Å². The molecule has 4 rings (SSSR count). The van der Waals surface area contributed by atoms with Crippen molar-refractivity contribution >= 4 is 21.1 Å². The Labute approximate surface area is 129 Å². The molecule has 3 heterocycles. The van der Waals surface area contributed by atoms with Gasteiger partial charge in [0.25, 0.3) is 0 Å². The van der Waals surface area contributed by atoms with E-state index in [4.69, 9.17) is 9.88 Å². The first kappa shape index (κ1) is 14.2. The molecular formula is C15H19N3O3S. The van der Waals surface area contributed by atoms with Gasteiger partial charge in [-0.2, -0.15) is 8.42 Å². The van der Waals surface area contributed by atoms with Crippen molar-refractivity contribution in [3.05, 3.63) is 35.5 Å². The van der Waals surface area contributed by atoms with Crippen LogP contribution in [0.2, 0.25) is 0 Å². The largest absolute Gasteiger partial charge is 0.381 e. The number of aromatic nitrogens is 1. The van der Waals surface area contributed by atoms with E-state index in [0.717, 1.165) is 36.2 Å². The monoisotopic (exact) mass is 321 g/mol. The van der Waals surface area contributed by atoms with Crippen LogP contribution in [-0.2, 0) is 21.4 Å². The van der Waals surface area contributed by atoms with Gasteiger partial charge in [-0.3, -0.25) is 0 Å². The molecule has 0 saturated carbocycles. The zero-order valence-electron chi connectivity index (χ0n) is 12.2. The van der Waals surface area contributed by atoms with Crippen LogP contribution in [0.3, 0.4) is 0 Å². The quantitative estimate of drug-likeness (QED) is 0.861. The molecule has 1 saturated heterocycles. The van der Waals surface area contributed by atoms with Gasteiger partial charge in [-0.1, -0.05) is 18.2 Å². The molecular weight excluding hydrogens is 302 g/mol. The number of rotatable bonds is 2. The lowest BCUT2D eigenvalue weighted by Gasteiger charge is -2.29. The lowest BCUT2D eigenvalue weighted by Crippen LogP contribution is -2.36. The van der Waals surface area contributed by atoms with Gasteiger partial charge in [0, 0.05) is 42.6 Å². The van der Waals surface area contributed by atoms with Gasteiger partial charge < -0.3 is 10.1 Å². The molecule has 2 aromatic rings. The number of hydrogen-bond acceptors (Lipinski definition) is 4. The van der Waals surface area contributed by atoms with Gasteiger partial charge in [0.1, 0.15) is 0 Å². The minimum absolute atomic E-state index is 0.124. The summed E-state index contributed by atoms with van der Waals surface area (Å²) in [5.74, 6) is 0.374. The van der Waals surface area contributed by atoms with Crippen LogP contribution in [0.25, 0.3) is 10.9 Å². The number of hydrogen-bond donors (Lipinski definition) is 2. The lowest BCUT2D eigenvalue weighted by molar-refractivity contribution is 0.176. The standard InChI is InChI=1S/C15H19N3O3S/c16-22(19,20)18-12-4-2-1-3-11(12)14-13(18)5-7-17-15(14)10-6-8-21-9-10/h1-4,10,15,17H,5-9H2,(H2,16,19,20). The average Bonchev–Trinajstić information content (AvgIpc) is 3.12.